The van der Waals surface area contributed by atoms with E-state index < -0.39 is 4.92 Å². The van der Waals surface area contributed by atoms with Crippen LogP contribution >= 0.6 is 0 Å². The Labute approximate surface area is 322 Å². The summed E-state index contributed by atoms with van der Waals surface area (Å²) in [5.41, 5.74) is 0.0255. The highest BCUT2D eigenvalue weighted by Gasteiger charge is 2.04. The van der Waals surface area contributed by atoms with Crippen molar-refractivity contribution in [1.82, 2.24) is 0 Å². The van der Waals surface area contributed by atoms with Crippen molar-refractivity contribution >= 4 is 5.69 Å². The summed E-state index contributed by atoms with van der Waals surface area (Å²) in [6.07, 6.45) is 7.65. The van der Waals surface area contributed by atoms with Gasteiger partial charge in [0.15, 0.2) is 0 Å². The lowest BCUT2D eigenvalue weighted by Gasteiger charge is -2.09. The average molecular weight is 780 g/mol. The first kappa shape index (κ1) is 50.0. The molecule has 0 atom stereocenters. The SMILES string of the molecule is CCCCCCCCOCCOCCOCCOCCOCCOCCOCCOCCOCCOCCOCCOCCOc1ccc([N+](=O)[O-])cc1. The van der Waals surface area contributed by atoms with E-state index in [0.29, 0.717) is 164 Å². The van der Waals surface area contributed by atoms with Crippen molar-refractivity contribution in [2.75, 3.05) is 165 Å². The predicted octanol–water partition coefficient (Wildman–Crippen LogP) is 4.53. The maximum atomic E-state index is 10.6. The molecule has 54 heavy (non-hydrogen) atoms. The van der Waals surface area contributed by atoms with Gasteiger partial charge >= 0.3 is 0 Å². The number of unbranched alkanes of at least 4 members (excludes halogenated alkanes) is 5. The van der Waals surface area contributed by atoms with Crippen molar-refractivity contribution in [3.05, 3.63) is 34.4 Å². The Hall–Kier alpha value is -2.06. The molecule has 1 aromatic rings. The number of nitro benzene ring substituents is 1. The lowest BCUT2D eigenvalue weighted by Crippen LogP contribution is -2.15. The number of ether oxygens (including phenoxy) is 13. The lowest BCUT2D eigenvalue weighted by atomic mass is 10.1. The van der Waals surface area contributed by atoms with Gasteiger partial charge in [0.1, 0.15) is 12.4 Å². The van der Waals surface area contributed by atoms with Gasteiger partial charge in [0, 0.05) is 18.7 Å². The van der Waals surface area contributed by atoms with Gasteiger partial charge in [0.25, 0.3) is 5.69 Å². The molecule has 0 N–H and O–H groups in total. The Kier molecular flexibility index (Phi) is 38.9. The van der Waals surface area contributed by atoms with Crippen molar-refractivity contribution < 1.29 is 66.5 Å². The van der Waals surface area contributed by atoms with E-state index >= 15 is 0 Å². The van der Waals surface area contributed by atoms with Gasteiger partial charge in [-0.15, -0.1) is 0 Å². The standard InChI is InChI=1S/C38H69NO15/c1-2-3-4-5-6-7-12-42-13-14-43-15-16-44-17-18-45-19-20-46-21-22-47-23-24-48-25-26-49-27-28-50-29-30-51-31-32-52-33-34-53-35-36-54-38-10-8-37(9-11-38)39(40)41/h8-11H,2-7,12-36H2,1H3. The van der Waals surface area contributed by atoms with Crippen LogP contribution in [0.3, 0.4) is 0 Å². The molecule has 0 heterocycles. The lowest BCUT2D eigenvalue weighted by molar-refractivity contribution is -0.384. The van der Waals surface area contributed by atoms with Crippen molar-refractivity contribution in [3.63, 3.8) is 0 Å². The zero-order chi connectivity index (χ0) is 38.7. The summed E-state index contributed by atoms with van der Waals surface area (Å²) in [5, 5.41) is 10.6. The zero-order valence-corrected chi connectivity index (χ0v) is 32.8. The molecule has 1 aromatic carbocycles. The van der Waals surface area contributed by atoms with E-state index in [0.717, 1.165) is 13.0 Å². The van der Waals surface area contributed by atoms with Crippen LogP contribution in [0.25, 0.3) is 0 Å². The van der Waals surface area contributed by atoms with E-state index in [4.69, 9.17) is 61.6 Å². The van der Waals surface area contributed by atoms with Gasteiger partial charge in [0.2, 0.25) is 0 Å². The summed E-state index contributed by atoms with van der Waals surface area (Å²) in [5.74, 6) is 0.556. The van der Waals surface area contributed by atoms with E-state index in [1.165, 1.54) is 44.2 Å². The quantitative estimate of drug-likeness (QED) is 0.0515. The third-order valence-electron chi connectivity index (χ3n) is 7.28. The molecule has 0 amide bonds. The molecule has 0 aliphatic heterocycles. The first-order valence-corrected chi connectivity index (χ1v) is 19.5. The summed E-state index contributed by atoms with van der Waals surface area (Å²) in [7, 11) is 0. The maximum absolute atomic E-state index is 10.6. The molecule has 0 unspecified atom stereocenters. The molecule has 0 radical (unpaired) electrons. The third-order valence-corrected chi connectivity index (χ3v) is 7.28. The van der Waals surface area contributed by atoms with Crippen LogP contribution in [0.4, 0.5) is 5.69 Å². The predicted molar refractivity (Wildman–Crippen MR) is 202 cm³/mol. The summed E-state index contributed by atoms with van der Waals surface area (Å²) < 4.78 is 71.4. The van der Waals surface area contributed by atoms with E-state index in [9.17, 15) is 10.1 Å². The molecular formula is C38H69NO15. The van der Waals surface area contributed by atoms with Crippen LogP contribution < -0.4 is 4.74 Å². The fourth-order valence-corrected chi connectivity index (χ4v) is 4.39. The fraction of sp³-hybridized carbons (Fsp3) is 0.842. The molecule has 1 rings (SSSR count). The van der Waals surface area contributed by atoms with Crippen LogP contribution in [-0.4, -0.2) is 170 Å². The first-order valence-electron chi connectivity index (χ1n) is 19.5. The molecule has 316 valence electrons. The highest BCUT2D eigenvalue weighted by Crippen LogP contribution is 2.17. The average Bonchev–Trinajstić information content (AvgIpc) is 3.18. The van der Waals surface area contributed by atoms with Gasteiger partial charge in [-0.2, -0.15) is 0 Å². The Morgan fingerprint density at radius 2 is 0.630 bits per heavy atom. The molecule has 0 saturated heterocycles. The Bertz CT molecular complexity index is 900. The second-order valence-corrected chi connectivity index (χ2v) is 11.7. The van der Waals surface area contributed by atoms with E-state index in [1.807, 2.05) is 0 Å². The van der Waals surface area contributed by atoms with E-state index in [1.54, 1.807) is 12.1 Å². The molecular weight excluding hydrogens is 710 g/mol. The van der Waals surface area contributed by atoms with Crippen molar-refractivity contribution in [3.8, 4) is 5.75 Å². The monoisotopic (exact) mass is 779 g/mol. The number of rotatable bonds is 45. The second-order valence-electron chi connectivity index (χ2n) is 11.7. The summed E-state index contributed by atoms with van der Waals surface area (Å²) >= 11 is 0. The highest BCUT2D eigenvalue weighted by atomic mass is 16.6. The highest BCUT2D eigenvalue weighted by molar-refractivity contribution is 5.35. The van der Waals surface area contributed by atoms with Crippen LogP contribution in [0, 0.1) is 10.1 Å². The number of benzene rings is 1. The van der Waals surface area contributed by atoms with Crippen LogP contribution in [0.2, 0.25) is 0 Å². The Morgan fingerprint density at radius 1 is 0.370 bits per heavy atom. The zero-order valence-electron chi connectivity index (χ0n) is 32.8. The molecule has 16 nitrogen and oxygen atoms in total. The van der Waals surface area contributed by atoms with Crippen LogP contribution in [0.5, 0.6) is 5.75 Å². The molecule has 0 aromatic heterocycles. The fourth-order valence-electron chi connectivity index (χ4n) is 4.39. The van der Waals surface area contributed by atoms with Crippen molar-refractivity contribution in [1.29, 1.82) is 0 Å². The molecule has 16 heteroatoms. The second kappa shape index (κ2) is 42.1. The summed E-state index contributed by atoms with van der Waals surface area (Å²) in [4.78, 5) is 10.2. The van der Waals surface area contributed by atoms with E-state index in [2.05, 4.69) is 6.92 Å². The molecule has 0 bridgehead atoms. The van der Waals surface area contributed by atoms with E-state index in [-0.39, 0.29) is 5.69 Å². The smallest absolute Gasteiger partial charge is 0.269 e. The Balaban J connectivity index is 1.63. The van der Waals surface area contributed by atoms with Crippen LogP contribution in [0.1, 0.15) is 45.4 Å². The van der Waals surface area contributed by atoms with Gasteiger partial charge in [-0.25, -0.2) is 0 Å². The largest absolute Gasteiger partial charge is 0.491 e. The first-order chi connectivity index (χ1) is 26.7. The molecule has 0 aliphatic rings. The van der Waals surface area contributed by atoms with Crippen molar-refractivity contribution in [2.45, 2.75) is 45.4 Å². The normalized spacial score (nSPS) is 11.4. The summed E-state index contributed by atoms with van der Waals surface area (Å²) in [6.45, 7) is 15.0. The topological polar surface area (TPSA) is 163 Å². The van der Waals surface area contributed by atoms with Gasteiger partial charge in [-0.3, -0.25) is 10.1 Å². The van der Waals surface area contributed by atoms with Gasteiger partial charge in [-0.05, 0) is 18.6 Å². The van der Waals surface area contributed by atoms with Crippen molar-refractivity contribution in [2.24, 2.45) is 0 Å². The third kappa shape index (κ3) is 36.9. The van der Waals surface area contributed by atoms with Gasteiger partial charge in [0.05, 0.1) is 157 Å². The minimum Gasteiger partial charge on any atom is -0.491 e. The number of hydrogen-bond acceptors (Lipinski definition) is 15. The number of nitro groups is 1. The van der Waals surface area contributed by atoms with Gasteiger partial charge in [-0.1, -0.05) is 39.0 Å². The van der Waals surface area contributed by atoms with Crippen LogP contribution in [0.15, 0.2) is 24.3 Å². The molecule has 0 spiro atoms. The summed E-state index contributed by atoms with van der Waals surface area (Å²) in [6, 6.07) is 5.91. The Morgan fingerprint density at radius 3 is 0.926 bits per heavy atom. The number of nitrogens with zero attached hydrogens (tertiary/aromatic N) is 1. The minimum atomic E-state index is -0.451. The maximum Gasteiger partial charge on any atom is 0.269 e. The molecule has 0 saturated carbocycles. The number of hydrogen-bond donors (Lipinski definition) is 0. The van der Waals surface area contributed by atoms with Gasteiger partial charge < -0.3 is 61.6 Å². The molecule has 0 aliphatic carbocycles. The minimum absolute atomic E-state index is 0.0255. The van der Waals surface area contributed by atoms with Crippen LogP contribution in [-0.2, 0) is 56.8 Å². The molecule has 0 fully saturated rings. The number of non-ortho nitro benzene ring substituents is 1.